The van der Waals surface area contributed by atoms with Gasteiger partial charge < -0.3 is 40.3 Å². The van der Waals surface area contributed by atoms with Crippen LogP contribution < -0.4 is 5.32 Å². The molecule has 0 aromatic rings. The molecule has 1 saturated heterocycles. The summed E-state index contributed by atoms with van der Waals surface area (Å²) in [5, 5.41) is 54.2. The van der Waals surface area contributed by atoms with Crippen LogP contribution in [0.5, 0.6) is 0 Å². The van der Waals surface area contributed by atoms with Gasteiger partial charge in [0.15, 0.2) is 6.29 Å². The Morgan fingerprint density at radius 3 is 1.37 bits per heavy atom. The quantitative estimate of drug-likeness (QED) is 0.0261. The molecule has 1 aliphatic heterocycles. The van der Waals surface area contributed by atoms with Gasteiger partial charge in [-0.25, -0.2) is 0 Å². The van der Waals surface area contributed by atoms with E-state index in [1.54, 1.807) is 6.08 Å². The van der Waals surface area contributed by atoms with E-state index in [-0.39, 0.29) is 12.5 Å². The average Bonchev–Trinajstić information content (AvgIpc) is 3.36. The molecule has 1 rings (SSSR count). The third-order valence-corrected chi connectivity index (χ3v) is 13.5. The van der Waals surface area contributed by atoms with E-state index >= 15 is 0 Å². The van der Waals surface area contributed by atoms with E-state index in [0.717, 1.165) is 64.2 Å². The molecule has 0 radical (unpaired) electrons. The molecule has 70 heavy (non-hydrogen) atoms. The first-order chi connectivity index (χ1) is 34.3. The van der Waals surface area contributed by atoms with E-state index < -0.39 is 49.5 Å². The number of amides is 1. The summed E-state index contributed by atoms with van der Waals surface area (Å²) in [7, 11) is 0. The highest BCUT2D eigenvalue weighted by atomic mass is 16.7. The highest BCUT2D eigenvalue weighted by molar-refractivity contribution is 5.76. The van der Waals surface area contributed by atoms with E-state index in [4.69, 9.17) is 9.47 Å². The van der Waals surface area contributed by atoms with Crippen molar-refractivity contribution in [2.24, 2.45) is 0 Å². The second-order valence-corrected chi connectivity index (χ2v) is 20.0. The van der Waals surface area contributed by atoms with Gasteiger partial charge in [-0.15, -0.1) is 0 Å². The molecule has 1 amide bonds. The van der Waals surface area contributed by atoms with Crippen LogP contribution in [0.4, 0.5) is 0 Å². The van der Waals surface area contributed by atoms with Gasteiger partial charge in [0, 0.05) is 6.42 Å². The highest BCUT2D eigenvalue weighted by Gasteiger charge is 2.44. The van der Waals surface area contributed by atoms with Crippen LogP contribution >= 0.6 is 0 Å². The number of carbonyl (C=O) groups is 1. The van der Waals surface area contributed by atoms with Crippen LogP contribution in [0.15, 0.2) is 72.9 Å². The Morgan fingerprint density at radius 1 is 0.500 bits per heavy atom. The summed E-state index contributed by atoms with van der Waals surface area (Å²) in [4.78, 5) is 13.0. The zero-order chi connectivity index (χ0) is 50.8. The number of aliphatic hydroxyl groups excluding tert-OH is 5. The zero-order valence-corrected chi connectivity index (χ0v) is 45.0. The summed E-state index contributed by atoms with van der Waals surface area (Å²) < 4.78 is 11.2. The summed E-state index contributed by atoms with van der Waals surface area (Å²) in [6.45, 7) is 3.61. The van der Waals surface area contributed by atoms with Gasteiger partial charge in [-0.2, -0.15) is 0 Å². The minimum atomic E-state index is -1.57. The van der Waals surface area contributed by atoms with E-state index in [2.05, 4.69) is 79.9 Å². The standard InChI is InChI=1S/C61H109NO8/c1-3-5-7-9-11-13-15-16-17-18-19-20-21-22-23-24-25-26-27-28-29-30-31-32-33-34-35-36-37-38-39-40-41-43-45-47-49-51-57(65)62-54(53-69-61-60(68)59(67)58(66)56(52-63)70-61)55(64)50-48-46-44-42-14-12-10-8-6-4-2/h5,7,11,13-14,16-17,19-20,42,48,50,54-56,58-61,63-64,66-68H,3-4,6,8-10,12,15,18,21-41,43-47,49,51-53H2,1-2H3,(H,62,65)/b7-5-,13-11-,17-16-,20-19-,42-14+,50-48+. The first kappa shape index (κ1) is 65.6. The lowest BCUT2D eigenvalue weighted by Gasteiger charge is -2.40. The van der Waals surface area contributed by atoms with Gasteiger partial charge in [0.05, 0.1) is 25.4 Å². The van der Waals surface area contributed by atoms with Crippen molar-refractivity contribution < 1.29 is 39.8 Å². The summed E-state index contributed by atoms with van der Waals surface area (Å²) >= 11 is 0. The Kier molecular flexibility index (Phi) is 47.1. The molecule has 0 spiro atoms. The minimum Gasteiger partial charge on any atom is -0.394 e. The maximum Gasteiger partial charge on any atom is 0.220 e. The predicted octanol–water partition coefficient (Wildman–Crippen LogP) is 14.5. The maximum absolute atomic E-state index is 13.0. The number of unbranched alkanes of at least 4 members (excludes halogenated alkanes) is 29. The summed E-state index contributed by atoms with van der Waals surface area (Å²) in [5.41, 5.74) is 0. The third-order valence-electron chi connectivity index (χ3n) is 13.5. The molecule has 9 heteroatoms. The molecule has 9 nitrogen and oxygen atoms in total. The SMILES string of the molecule is CC/C=C\C/C=C\C/C=C\C/C=C\CCCCCCCCCCCCCCCCCCCCCCCCCCC(=O)NC(COC1OC(CO)C(O)C(O)C1O)C(O)/C=C/CC/C=C/CCCCCC. The fourth-order valence-corrected chi connectivity index (χ4v) is 8.93. The lowest BCUT2D eigenvalue weighted by Crippen LogP contribution is -2.60. The second-order valence-electron chi connectivity index (χ2n) is 20.0. The van der Waals surface area contributed by atoms with Crippen molar-refractivity contribution in [3.63, 3.8) is 0 Å². The smallest absolute Gasteiger partial charge is 0.220 e. The number of hydrogen-bond acceptors (Lipinski definition) is 8. The van der Waals surface area contributed by atoms with Crippen molar-refractivity contribution in [2.45, 2.75) is 294 Å². The van der Waals surface area contributed by atoms with Gasteiger partial charge in [-0.3, -0.25) is 4.79 Å². The minimum absolute atomic E-state index is 0.187. The molecule has 6 N–H and O–H groups in total. The maximum atomic E-state index is 13.0. The number of nitrogens with one attached hydrogen (secondary N) is 1. The topological polar surface area (TPSA) is 149 Å². The molecule has 0 aromatic heterocycles. The monoisotopic (exact) mass is 984 g/mol. The Hall–Kier alpha value is -2.37. The molecular weight excluding hydrogens is 875 g/mol. The van der Waals surface area contributed by atoms with Gasteiger partial charge in [0.25, 0.3) is 0 Å². The van der Waals surface area contributed by atoms with Crippen LogP contribution in [-0.2, 0) is 14.3 Å². The normalized spacial score (nSPS) is 19.9. The van der Waals surface area contributed by atoms with E-state index in [0.29, 0.717) is 6.42 Å². The van der Waals surface area contributed by atoms with Gasteiger partial charge in [0.2, 0.25) is 5.91 Å². The Balaban J connectivity index is 2.04. The summed E-state index contributed by atoms with van der Waals surface area (Å²) in [6, 6.07) is -0.820. The Labute approximate surface area is 429 Å². The average molecular weight is 985 g/mol. The van der Waals surface area contributed by atoms with Crippen molar-refractivity contribution in [2.75, 3.05) is 13.2 Å². The second kappa shape index (κ2) is 50.2. The number of aliphatic hydroxyl groups is 5. The molecule has 0 bridgehead atoms. The molecule has 406 valence electrons. The summed E-state index contributed by atoms with van der Waals surface area (Å²) in [5.74, 6) is -0.187. The van der Waals surface area contributed by atoms with E-state index in [1.807, 2.05) is 6.08 Å². The largest absolute Gasteiger partial charge is 0.394 e. The molecular formula is C61H109NO8. The van der Waals surface area contributed by atoms with Gasteiger partial charge in [-0.1, -0.05) is 247 Å². The molecule has 0 aliphatic carbocycles. The molecule has 0 saturated carbocycles. The summed E-state index contributed by atoms with van der Waals surface area (Å²) in [6.07, 6.45) is 63.0. The number of carbonyl (C=O) groups excluding carboxylic acids is 1. The third kappa shape index (κ3) is 39.2. The molecule has 1 heterocycles. The number of ether oxygens (including phenoxy) is 2. The Morgan fingerprint density at radius 2 is 0.900 bits per heavy atom. The van der Waals surface area contributed by atoms with Crippen LogP contribution in [0.1, 0.15) is 251 Å². The fraction of sp³-hybridized carbons (Fsp3) is 0.787. The first-order valence-corrected chi connectivity index (χ1v) is 29.2. The first-order valence-electron chi connectivity index (χ1n) is 29.2. The van der Waals surface area contributed by atoms with Gasteiger partial charge >= 0.3 is 0 Å². The molecule has 7 atom stereocenters. The van der Waals surface area contributed by atoms with Crippen molar-refractivity contribution in [1.29, 1.82) is 0 Å². The lowest BCUT2D eigenvalue weighted by atomic mass is 9.99. The van der Waals surface area contributed by atoms with E-state index in [1.165, 1.54) is 167 Å². The zero-order valence-electron chi connectivity index (χ0n) is 45.0. The van der Waals surface area contributed by atoms with E-state index in [9.17, 15) is 30.3 Å². The number of hydrogen-bond donors (Lipinski definition) is 6. The molecule has 7 unspecified atom stereocenters. The van der Waals surface area contributed by atoms with Crippen molar-refractivity contribution in [3.05, 3.63) is 72.9 Å². The van der Waals surface area contributed by atoms with Crippen LogP contribution in [-0.4, -0.2) is 87.5 Å². The van der Waals surface area contributed by atoms with Crippen molar-refractivity contribution >= 4 is 5.91 Å². The van der Waals surface area contributed by atoms with Gasteiger partial charge in [0.1, 0.15) is 24.4 Å². The van der Waals surface area contributed by atoms with Crippen LogP contribution in [0, 0.1) is 0 Å². The van der Waals surface area contributed by atoms with Crippen LogP contribution in [0.2, 0.25) is 0 Å². The fourth-order valence-electron chi connectivity index (χ4n) is 8.93. The van der Waals surface area contributed by atoms with Crippen molar-refractivity contribution in [3.8, 4) is 0 Å². The highest BCUT2D eigenvalue weighted by Crippen LogP contribution is 2.23. The molecule has 1 fully saturated rings. The van der Waals surface area contributed by atoms with Gasteiger partial charge in [-0.05, 0) is 70.6 Å². The Bertz CT molecular complexity index is 1330. The number of allylic oxidation sites excluding steroid dienone is 11. The number of rotatable bonds is 49. The predicted molar refractivity (Wildman–Crippen MR) is 295 cm³/mol. The molecule has 0 aromatic carbocycles. The van der Waals surface area contributed by atoms with Crippen LogP contribution in [0.3, 0.4) is 0 Å². The lowest BCUT2D eigenvalue weighted by molar-refractivity contribution is -0.302. The van der Waals surface area contributed by atoms with Crippen LogP contribution in [0.25, 0.3) is 0 Å². The van der Waals surface area contributed by atoms with Crippen molar-refractivity contribution in [1.82, 2.24) is 5.32 Å². The molecule has 1 aliphatic rings.